The molecular formula is C23H26N2O3S. The molecule has 1 aliphatic heterocycles. The highest BCUT2D eigenvalue weighted by molar-refractivity contribution is 7.18. The molecule has 6 heteroatoms. The van der Waals surface area contributed by atoms with Crippen LogP contribution in [0.15, 0.2) is 23.0 Å². The van der Waals surface area contributed by atoms with Crippen molar-refractivity contribution in [2.45, 2.75) is 47.1 Å². The van der Waals surface area contributed by atoms with Crippen LogP contribution in [0.1, 0.15) is 48.5 Å². The maximum atomic E-state index is 13.0. The van der Waals surface area contributed by atoms with Crippen LogP contribution in [-0.4, -0.2) is 22.8 Å². The van der Waals surface area contributed by atoms with E-state index in [1.807, 2.05) is 43.5 Å². The molecule has 29 heavy (non-hydrogen) atoms. The van der Waals surface area contributed by atoms with Gasteiger partial charge >= 0.3 is 0 Å². The van der Waals surface area contributed by atoms with Gasteiger partial charge in [0.05, 0.1) is 18.6 Å². The Hall–Kier alpha value is -2.60. The Morgan fingerprint density at radius 3 is 2.79 bits per heavy atom. The van der Waals surface area contributed by atoms with Gasteiger partial charge in [0.2, 0.25) is 0 Å². The monoisotopic (exact) mass is 410 g/mol. The van der Waals surface area contributed by atoms with E-state index >= 15 is 0 Å². The molecule has 0 saturated heterocycles. The first kappa shape index (κ1) is 19.7. The lowest BCUT2D eigenvalue weighted by atomic mass is 10.1. The predicted octanol–water partition coefficient (Wildman–Crippen LogP) is 5.21. The first-order chi connectivity index (χ1) is 14.0. The van der Waals surface area contributed by atoms with Gasteiger partial charge in [0, 0.05) is 11.4 Å². The fourth-order valence-electron chi connectivity index (χ4n) is 3.68. The van der Waals surface area contributed by atoms with Crippen molar-refractivity contribution in [3.8, 4) is 11.5 Å². The molecule has 0 atom stereocenters. The summed E-state index contributed by atoms with van der Waals surface area (Å²) >= 11 is 1.60. The number of thiophene rings is 1. The smallest absolute Gasteiger partial charge is 0.262 e. The third kappa shape index (κ3) is 3.57. The minimum absolute atomic E-state index is 0.0774. The van der Waals surface area contributed by atoms with Crippen LogP contribution in [0.2, 0.25) is 0 Å². The lowest BCUT2D eigenvalue weighted by molar-refractivity contribution is 0.277. The fourth-order valence-corrected chi connectivity index (χ4v) is 4.70. The van der Waals surface area contributed by atoms with Crippen molar-refractivity contribution in [1.82, 2.24) is 9.55 Å². The van der Waals surface area contributed by atoms with Crippen molar-refractivity contribution >= 4 is 33.2 Å². The zero-order valence-electron chi connectivity index (χ0n) is 17.4. The number of ether oxygens (including phenoxy) is 2. The van der Waals surface area contributed by atoms with Crippen LogP contribution >= 0.6 is 11.3 Å². The Bertz CT molecular complexity index is 1160. The van der Waals surface area contributed by atoms with Gasteiger partial charge in [0.15, 0.2) is 11.5 Å². The lowest BCUT2D eigenvalue weighted by Crippen LogP contribution is -2.20. The van der Waals surface area contributed by atoms with Gasteiger partial charge in [-0.15, -0.1) is 11.3 Å². The van der Waals surface area contributed by atoms with E-state index in [2.05, 4.69) is 13.0 Å². The van der Waals surface area contributed by atoms with E-state index in [1.165, 1.54) is 0 Å². The number of benzene rings is 1. The normalized spacial score (nSPS) is 14.6. The third-order valence-corrected chi connectivity index (χ3v) is 6.35. The summed E-state index contributed by atoms with van der Waals surface area (Å²) in [5, 5.41) is 0.772. The summed E-state index contributed by atoms with van der Waals surface area (Å²) in [6.07, 6.45) is 3.86. The first-order valence-corrected chi connectivity index (χ1v) is 11.0. The molecule has 3 heterocycles. The lowest BCUT2D eigenvalue weighted by Gasteiger charge is -2.12. The largest absolute Gasteiger partial charge is 0.490 e. The van der Waals surface area contributed by atoms with Crippen LogP contribution in [0.3, 0.4) is 0 Å². The van der Waals surface area contributed by atoms with E-state index in [4.69, 9.17) is 14.5 Å². The van der Waals surface area contributed by atoms with Crippen molar-refractivity contribution < 1.29 is 9.47 Å². The van der Waals surface area contributed by atoms with Gasteiger partial charge in [-0.2, -0.15) is 0 Å². The SMILES string of the molecule is CCCOc1ccc(/C=C2\CCn3c2nc2sc(C)c(C)c2c3=O)cc1OCC. The summed E-state index contributed by atoms with van der Waals surface area (Å²) < 4.78 is 13.4. The highest BCUT2D eigenvalue weighted by atomic mass is 32.1. The van der Waals surface area contributed by atoms with Gasteiger partial charge in [-0.1, -0.05) is 13.0 Å². The van der Waals surface area contributed by atoms with Crippen LogP contribution < -0.4 is 15.0 Å². The molecular weight excluding hydrogens is 384 g/mol. The molecule has 0 radical (unpaired) electrons. The molecule has 152 valence electrons. The van der Waals surface area contributed by atoms with E-state index in [0.29, 0.717) is 19.8 Å². The molecule has 1 aliphatic rings. The molecule has 0 amide bonds. The molecule has 0 aliphatic carbocycles. The zero-order valence-corrected chi connectivity index (χ0v) is 18.2. The van der Waals surface area contributed by atoms with Crippen LogP contribution in [0.4, 0.5) is 0 Å². The summed E-state index contributed by atoms with van der Waals surface area (Å²) in [7, 11) is 0. The Morgan fingerprint density at radius 1 is 1.21 bits per heavy atom. The van der Waals surface area contributed by atoms with Crippen molar-refractivity contribution in [2.75, 3.05) is 13.2 Å². The number of nitrogens with zero attached hydrogens (tertiary/aromatic N) is 2. The maximum absolute atomic E-state index is 13.0. The average Bonchev–Trinajstić information content (AvgIpc) is 3.23. The van der Waals surface area contributed by atoms with Crippen molar-refractivity contribution in [2.24, 2.45) is 0 Å². The van der Waals surface area contributed by atoms with Crippen LogP contribution in [0, 0.1) is 13.8 Å². The number of hydrogen-bond donors (Lipinski definition) is 0. The molecule has 0 bridgehead atoms. The molecule has 1 aromatic carbocycles. The predicted molar refractivity (Wildman–Crippen MR) is 119 cm³/mol. The second kappa shape index (κ2) is 8.03. The molecule has 4 rings (SSSR count). The second-order valence-electron chi connectivity index (χ2n) is 7.26. The number of rotatable bonds is 6. The molecule has 0 saturated carbocycles. The quantitative estimate of drug-likeness (QED) is 0.560. The molecule has 3 aromatic rings. The summed E-state index contributed by atoms with van der Waals surface area (Å²) in [6.45, 7) is 10.0. The van der Waals surface area contributed by atoms with Gasteiger partial charge in [-0.05, 0) is 68.5 Å². The number of fused-ring (bicyclic) bond motifs is 2. The minimum atomic E-state index is 0.0774. The van der Waals surface area contributed by atoms with Gasteiger partial charge < -0.3 is 9.47 Å². The van der Waals surface area contributed by atoms with E-state index in [1.54, 1.807) is 11.3 Å². The standard InChI is InChI=1S/C23H26N2O3S/c1-5-11-28-18-8-7-16(13-19(18)27-6-2)12-17-9-10-25-21(17)24-22-20(23(25)26)14(3)15(4)29-22/h7-8,12-13H,5-6,9-11H2,1-4H3/b17-12+. The second-order valence-corrected chi connectivity index (χ2v) is 8.47. The van der Waals surface area contributed by atoms with Gasteiger partial charge in [0.1, 0.15) is 10.7 Å². The average molecular weight is 411 g/mol. The first-order valence-electron chi connectivity index (χ1n) is 10.1. The fraction of sp³-hybridized carbons (Fsp3) is 0.391. The molecule has 0 unspecified atom stereocenters. The van der Waals surface area contributed by atoms with Gasteiger partial charge in [0.25, 0.3) is 5.56 Å². The summed E-state index contributed by atoms with van der Waals surface area (Å²) in [5.41, 5.74) is 3.24. The molecule has 5 nitrogen and oxygen atoms in total. The van der Waals surface area contributed by atoms with E-state index in [9.17, 15) is 4.79 Å². The molecule has 0 fully saturated rings. The van der Waals surface area contributed by atoms with Crippen molar-refractivity contribution in [3.63, 3.8) is 0 Å². The van der Waals surface area contributed by atoms with Gasteiger partial charge in [-0.25, -0.2) is 4.98 Å². The van der Waals surface area contributed by atoms with Crippen molar-refractivity contribution in [3.05, 3.63) is 50.4 Å². The molecule has 0 N–H and O–H groups in total. The highest BCUT2D eigenvalue weighted by Gasteiger charge is 2.23. The van der Waals surface area contributed by atoms with Gasteiger partial charge in [-0.3, -0.25) is 9.36 Å². The Labute approximate surface area is 174 Å². The Kier molecular flexibility index (Phi) is 5.46. The number of aryl methyl sites for hydroxylation is 2. The van der Waals surface area contributed by atoms with E-state index in [-0.39, 0.29) is 5.56 Å². The van der Waals surface area contributed by atoms with E-state index in [0.717, 1.165) is 62.0 Å². The Balaban J connectivity index is 1.75. The van der Waals surface area contributed by atoms with E-state index < -0.39 is 0 Å². The van der Waals surface area contributed by atoms with Crippen LogP contribution in [0.5, 0.6) is 11.5 Å². The minimum Gasteiger partial charge on any atom is -0.490 e. The summed E-state index contributed by atoms with van der Waals surface area (Å²) in [6, 6.07) is 5.98. The maximum Gasteiger partial charge on any atom is 0.262 e. The van der Waals surface area contributed by atoms with Crippen molar-refractivity contribution in [1.29, 1.82) is 0 Å². The highest BCUT2D eigenvalue weighted by Crippen LogP contribution is 2.34. The molecule has 2 aromatic heterocycles. The zero-order chi connectivity index (χ0) is 20.5. The number of hydrogen-bond acceptors (Lipinski definition) is 5. The Morgan fingerprint density at radius 2 is 2.03 bits per heavy atom. The third-order valence-electron chi connectivity index (χ3n) is 5.25. The summed E-state index contributed by atoms with van der Waals surface area (Å²) in [5.74, 6) is 2.30. The number of aromatic nitrogens is 2. The number of allylic oxidation sites excluding steroid dienone is 1. The topological polar surface area (TPSA) is 53.4 Å². The van der Waals surface area contributed by atoms with Crippen LogP contribution in [-0.2, 0) is 6.54 Å². The van der Waals surface area contributed by atoms with Crippen LogP contribution in [0.25, 0.3) is 21.9 Å². The summed E-state index contributed by atoms with van der Waals surface area (Å²) in [4.78, 5) is 19.8. The molecule has 0 spiro atoms.